The maximum absolute atomic E-state index is 13.3. The van der Waals surface area contributed by atoms with E-state index in [1.54, 1.807) is 30.6 Å². The fraction of sp³-hybridized carbons (Fsp3) is 0.222. The number of aromatic nitrogens is 1. The van der Waals surface area contributed by atoms with E-state index in [9.17, 15) is 14.7 Å². The number of likely N-dealkylation sites (tertiary alicyclic amines) is 1. The van der Waals surface area contributed by atoms with E-state index in [1.807, 2.05) is 30.3 Å². The highest BCUT2D eigenvalue weighted by molar-refractivity contribution is 6.46. The molecule has 0 aliphatic carbocycles. The minimum Gasteiger partial charge on any atom is -0.507 e. The Labute approximate surface area is 203 Å². The van der Waals surface area contributed by atoms with Crippen LogP contribution in [0, 0.1) is 0 Å². The molecule has 7 heteroatoms. The normalized spacial score (nSPS) is 17.4. The lowest BCUT2D eigenvalue weighted by atomic mass is 9.93. The molecule has 3 aromatic rings. The van der Waals surface area contributed by atoms with E-state index in [2.05, 4.69) is 18.8 Å². The van der Waals surface area contributed by atoms with Gasteiger partial charge in [-0.2, -0.15) is 0 Å². The molecule has 1 fully saturated rings. The zero-order chi connectivity index (χ0) is 24.4. The molecule has 6 nitrogen and oxygen atoms in total. The van der Waals surface area contributed by atoms with Gasteiger partial charge in [-0.15, -0.1) is 0 Å². The van der Waals surface area contributed by atoms with Crippen LogP contribution in [0.5, 0.6) is 5.75 Å². The third kappa shape index (κ3) is 4.41. The number of aliphatic hydroxyl groups is 1. The van der Waals surface area contributed by atoms with Crippen molar-refractivity contribution in [1.82, 2.24) is 9.88 Å². The van der Waals surface area contributed by atoms with Gasteiger partial charge in [-0.3, -0.25) is 14.6 Å². The number of carbonyl (C=O) groups is 2. The molecule has 34 heavy (non-hydrogen) atoms. The van der Waals surface area contributed by atoms with Crippen molar-refractivity contribution >= 4 is 29.1 Å². The number of pyridine rings is 1. The quantitative estimate of drug-likeness (QED) is 0.289. The number of carbonyl (C=O) groups excluding carboxylic acids is 2. The average molecular weight is 477 g/mol. The van der Waals surface area contributed by atoms with Crippen LogP contribution in [0.15, 0.2) is 72.6 Å². The Morgan fingerprint density at radius 2 is 1.88 bits per heavy atom. The van der Waals surface area contributed by atoms with E-state index < -0.39 is 17.7 Å². The largest absolute Gasteiger partial charge is 0.507 e. The Morgan fingerprint density at radius 3 is 2.50 bits per heavy atom. The number of aliphatic hydroxyl groups excluding tert-OH is 1. The minimum atomic E-state index is -0.787. The summed E-state index contributed by atoms with van der Waals surface area (Å²) in [6.45, 7) is 4.35. The van der Waals surface area contributed by atoms with Crippen LogP contribution in [0.1, 0.15) is 48.1 Å². The summed E-state index contributed by atoms with van der Waals surface area (Å²) in [6.07, 6.45) is 3.30. The van der Waals surface area contributed by atoms with Gasteiger partial charge in [0.05, 0.1) is 24.3 Å². The van der Waals surface area contributed by atoms with Crippen LogP contribution in [0.4, 0.5) is 0 Å². The summed E-state index contributed by atoms with van der Waals surface area (Å²) in [7, 11) is 1.46. The first kappa shape index (κ1) is 23.5. The second kappa shape index (κ2) is 9.69. The van der Waals surface area contributed by atoms with Gasteiger partial charge >= 0.3 is 0 Å². The second-order valence-electron chi connectivity index (χ2n) is 8.45. The third-order valence-corrected chi connectivity index (χ3v) is 6.19. The van der Waals surface area contributed by atoms with Gasteiger partial charge in [0.25, 0.3) is 11.7 Å². The Kier molecular flexibility index (Phi) is 6.70. The number of ether oxygens (including phenoxy) is 1. The minimum absolute atomic E-state index is 0.00764. The summed E-state index contributed by atoms with van der Waals surface area (Å²) in [5, 5.41) is 11.7. The Balaban J connectivity index is 1.90. The molecule has 1 aliphatic heterocycles. The number of rotatable bonds is 6. The van der Waals surface area contributed by atoms with Crippen molar-refractivity contribution in [1.29, 1.82) is 0 Å². The molecule has 1 N–H and O–H groups in total. The molecule has 1 atom stereocenters. The smallest absolute Gasteiger partial charge is 0.295 e. The van der Waals surface area contributed by atoms with Gasteiger partial charge in [0.1, 0.15) is 11.5 Å². The standard InChI is InChI=1S/C27H25ClN2O4/c1-16(2)18-6-8-19(9-7-18)24-23(25(31)21-13-20(28)10-11-22(21)34-3)26(32)27(33)30(24)15-17-5-4-12-29-14-17/h4-14,16,24,31H,15H2,1-3H3/b25-23+. The Morgan fingerprint density at radius 1 is 1.15 bits per heavy atom. The molecular weight excluding hydrogens is 452 g/mol. The van der Waals surface area contributed by atoms with Crippen molar-refractivity contribution in [2.24, 2.45) is 0 Å². The van der Waals surface area contributed by atoms with Gasteiger partial charge in [-0.1, -0.05) is 55.8 Å². The first-order valence-electron chi connectivity index (χ1n) is 10.9. The molecule has 1 saturated heterocycles. The summed E-state index contributed by atoms with van der Waals surface area (Å²) in [5.41, 5.74) is 2.86. The van der Waals surface area contributed by atoms with E-state index >= 15 is 0 Å². The Hall–Kier alpha value is -3.64. The molecule has 2 aromatic carbocycles. The molecular formula is C27H25ClN2O4. The molecule has 2 heterocycles. The lowest BCUT2D eigenvalue weighted by Gasteiger charge is -2.26. The molecule has 0 spiro atoms. The van der Waals surface area contributed by atoms with Crippen molar-refractivity contribution in [3.05, 3.63) is 99.8 Å². The number of benzene rings is 2. The fourth-order valence-corrected chi connectivity index (χ4v) is 4.32. The molecule has 0 bridgehead atoms. The summed E-state index contributed by atoms with van der Waals surface area (Å²) < 4.78 is 5.38. The van der Waals surface area contributed by atoms with Crippen molar-refractivity contribution in [3.8, 4) is 5.75 Å². The van der Waals surface area contributed by atoms with Crippen molar-refractivity contribution in [2.45, 2.75) is 32.4 Å². The molecule has 1 unspecified atom stereocenters. The Bertz CT molecular complexity index is 1250. The molecule has 174 valence electrons. The van der Waals surface area contributed by atoms with Crippen LogP contribution in [-0.4, -0.2) is 33.8 Å². The van der Waals surface area contributed by atoms with Crippen LogP contribution >= 0.6 is 11.6 Å². The van der Waals surface area contributed by atoms with Gasteiger partial charge < -0.3 is 14.7 Å². The van der Waals surface area contributed by atoms with E-state index in [4.69, 9.17) is 16.3 Å². The predicted octanol–water partition coefficient (Wildman–Crippen LogP) is 5.49. The number of ketones is 1. The van der Waals surface area contributed by atoms with Crippen molar-refractivity contribution < 1.29 is 19.4 Å². The molecule has 1 aromatic heterocycles. The zero-order valence-corrected chi connectivity index (χ0v) is 19.9. The lowest BCUT2D eigenvalue weighted by molar-refractivity contribution is -0.140. The highest BCUT2D eigenvalue weighted by Crippen LogP contribution is 2.42. The fourth-order valence-electron chi connectivity index (χ4n) is 4.15. The number of halogens is 1. The summed E-state index contributed by atoms with van der Waals surface area (Å²) >= 11 is 6.17. The lowest BCUT2D eigenvalue weighted by Crippen LogP contribution is -2.29. The molecule has 1 amide bonds. The number of hydrogen-bond donors (Lipinski definition) is 1. The molecule has 0 radical (unpaired) electrons. The summed E-state index contributed by atoms with van der Waals surface area (Å²) in [6, 6.07) is 15.3. The van der Waals surface area contributed by atoms with Crippen LogP contribution < -0.4 is 4.74 Å². The second-order valence-corrected chi connectivity index (χ2v) is 8.89. The number of amides is 1. The third-order valence-electron chi connectivity index (χ3n) is 5.95. The van der Waals surface area contributed by atoms with E-state index in [0.717, 1.165) is 16.7 Å². The first-order chi connectivity index (χ1) is 16.3. The summed E-state index contributed by atoms with van der Waals surface area (Å²) in [4.78, 5) is 32.0. The average Bonchev–Trinajstić information content (AvgIpc) is 3.09. The first-order valence-corrected chi connectivity index (χ1v) is 11.3. The molecule has 0 saturated carbocycles. The number of methoxy groups -OCH3 is 1. The summed E-state index contributed by atoms with van der Waals surface area (Å²) in [5.74, 6) is -1.11. The number of Topliss-reactive ketones (excluding diaryl/α,β-unsaturated/α-hetero) is 1. The van der Waals surface area contributed by atoms with E-state index in [0.29, 0.717) is 16.7 Å². The maximum atomic E-state index is 13.3. The van der Waals surface area contributed by atoms with Crippen LogP contribution in [0.25, 0.3) is 5.76 Å². The molecule has 4 rings (SSSR count). The van der Waals surface area contributed by atoms with Crippen molar-refractivity contribution in [2.75, 3.05) is 7.11 Å². The van der Waals surface area contributed by atoms with Gasteiger partial charge in [-0.25, -0.2) is 0 Å². The van der Waals surface area contributed by atoms with Gasteiger partial charge in [0.15, 0.2) is 0 Å². The van der Waals surface area contributed by atoms with Crippen molar-refractivity contribution in [3.63, 3.8) is 0 Å². The van der Waals surface area contributed by atoms with Crippen LogP contribution in [0.3, 0.4) is 0 Å². The van der Waals surface area contributed by atoms with E-state index in [1.165, 1.54) is 18.1 Å². The topological polar surface area (TPSA) is 79.7 Å². The predicted molar refractivity (Wildman–Crippen MR) is 131 cm³/mol. The van der Waals surface area contributed by atoms with Crippen LogP contribution in [0.2, 0.25) is 5.02 Å². The van der Waals surface area contributed by atoms with Gasteiger partial charge in [0.2, 0.25) is 0 Å². The number of nitrogens with zero attached hydrogens (tertiary/aromatic N) is 2. The number of hydrogen-bond acceptors (Lipinski definition) is 5. The van der Waals surface area contributed by atoms with E-state index in [-0.39, 0.29) is 23.4 Å². The highest BCUT2D eigenvalue weighted by atomic mass is 35.5. The maximum Gasteiger partial charge on any atom is 0.295 e. The SMILES string of the molecule is COc1ccc(Cl)cc1/C(O)=C1\C(=O)C(=O)N(Cc2cccnc2)C1c1ccc(C(C)C)cc1. The zero-order valence-electron chi connectivity index (χ0n) is 19.2. The van der Waals surface area contributed by atoms with Gasteiger partial charge in [-0.05, 0) is 46.9 Å². The monoisotopic (exact) mass is 476 g/mol. The highest BCUT2D eigenvalue weighted by Gasteiger charge is 2.46. The molecule has 1 aliphatic rings. The van der Waals surface area contributed by atoms with Gasteiger partial charge in [0, 0.05) is 24.0 Å². The van der Waals surface area contributed by atoms with Crippen LogP contribution in [-0.2, 0) is 16.1 Å².